The number of anilines is 2. The summed E-state index contributed by atoms with van der Waals surface area (Å²) in [5.74, 6) is -3.27. The minimum Gasteiger partial charge on any atom is -0.465 e. The molecule has 228 valence electrons. The lowest BCUT2D eigenvalue weighted by atomic mass is 9.95. The molecule has 1 saturated carbocycles. The van der Waals surface area contributed by atoms with E-state index in [1.165, 1.54) is 24.1 Å². The number of nitrogens with one attached hydrogen (secondary N) is 1. The van der Waals surface area contributed by atoms with Gasteiger partial charge in [-0.25, -0.2) is 13.6 Å². The first-order valence-corrected chi connectivity index (χ1v) is 14.5. The van der Waals surface area contributed by atoms with Crippen LogP contribution in [0.4, 0.5) is 20.2 Å². The van der Waals surface area contributed by atoms with Crippen LogP contribution < -0.4 is 10.2 Å². The van der Waals surface area contributed by atoms with Gasteiger partial charge in [0.15, 0.2) is 5.82 Å². The van der Waals surface area contributed by atoms with E-state index in [1.54, 1.807) is 48.3 Å². The number of methoxy groups -OCH3 is 1. The number of esters is 1. The Balaban J connectivity index is 1.40. The molecule has 0 saturated heterocycles. The van der Waals surface area contributed by atoms with Crippen LogP contribution in [0.15, 0.2) is 66.7 Å². The fourth-order valence-electron chi connectivity index (χ4n) is 5.17. The second kappa shape index (κ2) is 13.0. The number of ether oxygens (including phenoxy) is 1. The van der Waals surface area contributed by atoms with Gasteiger partial charge in [0, 0.05) is 43.4 Å². The van der Waals surface area contributed by atoms with Crippen LogP contribution in [0, 0.1) is 17.6 Å². The van der Waals surface area contributed by atoms with E-state index in [9.17, 15) is 28.0 Å². The van der Waals surface area contributed by atoms with Gasteiger partial charge in [-0.15, -0.1) is 0 Å². The van der Waals surface area contributed by atoms with Crippen molar-refractivity contribution in [3.8, 4) is 0 Å². The molecule has 44 heavy (non-hydrogen) atoms. The fourth-order valence-corrected chi connectivity index (χ4v) is 5.33. The molecule has 1 aliphatic heterocycles. The van der Waals surface area contributed by atoms with Crippen molar-refractivity contribution in [1.82, 2.24) is 4.90 Å². The Hall–Kier alpha value is -4.57. The summed E-state index contributed by atoms with van der Waals surface area (Å²) in [6.45, 7) is 0.0200. The molecule has 0 spiro atoms. The SMILES string of the molecule is COC(=O)c1ccc(NC(=O)C(Cc2ccc(N(C)C(=O)C3CC3)cc2)N2CCC(c3c(F)ccc(Cl)c3F)=CC2=O)cc1. The summed E-state index contributed by atoms with van der Waals surface area (Å²) in [5.41, 5.74) is 1.93. The van der Waals surface area contributed by atoms with Gasteiger partial charge in [-0.1, -0.05) is 23.7 Å². The quantitative estimate of drug-likeness (QED) is 0.246. The second-order valence-electron chi connectivity index (χ2n) is 10.8. The van der Waals surface area contributed by atoms with Gasteiger partial charge in [0.05, 0.1) is 23.3 Å². The molecular formula is C33H30ClF2N3O5. The smallest absolute Gasteiger partial charge is 0.337 e. The predicted octanol–water partition coefficient (Wildman–Crippen LogP) is 5.64. The number of amides is 3. The van der Waals surface area contributed by atoms with Gasteiger partial charge in [0.1, 0.15) is 11.9 Å². The molecule has 0 radical (unpaired) electrons. The van der Waals surface area contributed by atoms with Crippen LogP contribution in [-0.4, -0.2) is 55.3 Å². The van der Waals surface area contributed by atoms with Crippen molar-refractivity contribution >= 4 is 52.2 Å². The third-order valence-corrected chi connectivity index (χ3v) is 8.12. The third-order valence-electron chi connectivity index (χ3n) is 7.83. The van der Waals surface area contributed by atoms with Crippen LogP contribution >= 0.6 is 11.6 Å². The number of hydrogen-bond acceptors (Lipinski definition) is 5. The Morgan fingerprint density at radius 2 is 1.73 bits per heavy atom. The lowest BCUT2D eigenvalue weighted by molar-refractivity contribution is -0.135. The van der Waals surface area contributed by atoms with Crippen LogP contribution in [-0.2, 0) is 25.5 Å². The normalized spacial score (nSPS) is 15.3. The van der Waals surface area contributed by atoms with Crippen molar-refractivity contribution in [1.29, 1.82) is 0 Å². The Labute approximate surface area is 258 Å². The van der Waals surface area contributed by atoms with Crippen LogP contribution in [0.1, 0.15) is 40.7 Å². The van der Waals surface area contributed by atoms with Crippen molar-refractivity contribution in [2.24, 2.45) is 5.92 Å². The molecule has 0 aromatic heterocycles. The average molecular weight is 622 g/mol. The highest BCUT2D eigenvalue weighted by atomic mass is 35.5. The summed E-state index contributed by atoms with van der Waals surface area (Å²) >= 11 is 5.87. The van der Waals surface area contributed by atoms with Crippen LogP contribution in [0.5, 0.6) is 0 Å². The highest BCUT2D eigenvalue weighted by Crippen LogP contribution is 2.33. The van der Waals surface area contributed by atoms with Crippen molar-refractivity contribution < 1.29 is 32.7 Å². The number of halogens is 3. The van der Waals surface area contributed by atoms with E-state index in [4.69, 9.17) is 16.3 Å². The average Bonchev–Trinajstić information content (AvgIpc) is 3.88. The highest BCUT2D eigenvalue weighted by molar-refractivity contribution is 6.31. The van der Waals surface area contributed by atoms with Gasteiger partial charge in [-0.05, 0) is 78.9 Å². The molecule has 3 amide bonds. The van der Waals surface area contributed by atoms with Gasteiger partial charge >= 0.3 is 5.97 Å². The molecule has 1 N–H and O–H groups in total. The summed E-state index contributed by atoms with van der Waals surface area (Å²) in [6, 6.07) is 14.4. The van der Waals surface area contributed by atoms with Gasteiger partial charge in [0.25, 0.3) is 0 Å². The van der Waals surface area contributed by atoms with E-state index in [0.717, 1.165) is 36.6 Å². The van der Waals surface area contributed by atoms with Crippen LogP contribution in [0.25, 0.3) is 5.57 Å². The summed E-state index contributed by atoms with van der Waals surface area (Å²) in [5, 5.41) is 2.54. The lowest BCUT2D eigenvalue weighted by Gasteiger charge is -2.33. The Bertz CT molecular complexity index is 1640. The first-order chi connectivity index (χ1) is 21.1. The Morgan fingerprint density at radius 1 is 1.05 bits per heavy atom. The molecule has 5 rings (SSSR count). The number of nitrogens with zero attached hydrogens (tertiary/aromatic N) is 2. The number of carbonyl (C=O) groups is 4. The zero-order valence-corrected chi connectivity index (χ0v) is 24.9. The third kappa shape index (κ3) is 6.65. The summed E-state index contributed by atoms with van der Waals surface area (Å²) in [4.78, 5) is 54.3. The Kier molecular flexibility index (Phi) is 9.10. The first kappa shape index (κ1) is 30.9. The summed E-state index contributed by atoms with van der Waals surface area (Å²) < 4.78 is 34.0. The molecule has 0 bridgehead atoms. The van der Waals surface area contributed by atoms with E-state index in [0.29, 0.717) is 16.9 Å². The lowest BCUT2D eigenvalue weighted by Crippen LogP contribution is -2.49. The maximum absolute atomic E-state index is 14.7. The monoisotopic (exact) mass is 621 g/mol. The number of hydrogen-bond donors (Lipinski definition) is 1. The van der Waals surface area contributed by atoms with Crippen molar-refractivity contribution in [3.05, 3.63) is 100 Å². The molecule has 11 heteroatoms. The van der Waals surface area contributed by atoms with Gasteiger partial charge in [-0.3, -0.25) is 14.4 Å². The van der Waals surface area contributed by atoms with Crippen LogP contribution in [0.3, 0.4) is 0 Å². The van der Waals surface area contributed by atoms with E-state index in [-0.39, 0.29) is 47.4 Å². The molecule has 1 fully saturated rings. The molecule has 3 aromatic carbocycles. The van der Waals surface area contributed by atoms with Gasteiger partial charge in [0.2, 0.25) is 17.7 Å². The number of carbonyl (C=O) groups excluding carboxylic acids is 4. The largest absolute Gasteiger partial charge is 0.465 e. The molecule has 1 aliphatic carbocycles. The summed E-state index contributed by atoms with van der Waals surface area (Å²) in [6.07, 6.45) is 3.13. The van der Waals surface area contributed by atoms with Crippen LogP contribution in [0.2, 0.25) is 5.02 Å². The zero-order valence-electron chi connectivity index (χ0n) is 24.1. The predicted molar refractivity (Wildman–Crippen MR) is 162 cm³/mol. The van der Waals surface area contributed by atoms with Crippen molar-refractivity contribution in [2.75, 3.05) is 30.9 Å². The van der Waals surface area contributed by atoms with E-state index < -0.39 is 35.5 Å². The summed E-state index contributed by atoms with van der Waals surface area (Å²) in [7, 11) is 2.99. The van der Waals surface area contributed by atoms with Gasteiger partial charge < -0.3 is 19.9 Å². The van der Waals surface area contributed by atoms with Gasteiger partial charge in [-0.2, -0.15) is 0 Å². The van der Waals surface area contributed by atoms with E-state index in [2.05, 4.69) is 5.32 Å². The molecule has 1 heterocycles. The van der Waals surface area contributed by atoms with Crippen molar-refractivity contribution in [2.45, 2.75) is 31.7 Å². The highest BCUT2D eigenvalue weighted by Gasteiger charge is 2.34. The molecular weight excluding hydrogens is 592 g/mol. The molecule has 2 aliphatic rings. The zero-order chi connectivity index (χ0) is 31.5. The number of benzene rings is 3. The first-order valence-electron chi connectivity index (χ1n) is 14.1. The van der Waals surface area contributed by atoms with E-state index >= 15 is 0 Å². The second-order valence-corrected chi connectivity index (χ2v) is 11.2. The fraction of sp³-hybridized carbons (Fsp3) is 0.273. The topological polar surface area (TPSA) is 96.0 Å². The molecule has 3 aromatic rings. The van der Waals surface area contributed by atoms with E-state index in [1.807, 2.05) is 0 Å². The molecule has 1 atom stereocenters. The maximum Gasteiger partial charge on any atom is 0.337 e. The standard InChI is InChI=1S/C33H30ClF2N3O5/c1-38(32(42)20-5-6-20)24-11-3-19(4-12-24)17-27(31(41)37-23-9-7-21(8-10-23)33(43)44-2)39-16-15-22(18-28(39)40)29-26(35)14-13-25(34)30(29)36/h3-4,7-14,18,20,27H,5-6,15-17H2,1-2H3,(H,37,41). The number of rotatable bonds is 9. The minimum atomic E-state index is -0.994. The van der Waals surface area contributed by atoms with Crippen molar-refractivity contribution in [3.63, 3.8) is 0 Å². The maximum atomic E-state index is 14.7. The molecule has 8 nitrogen and oxygen atoms in total. The Morgan fingerprint density at radius 3 is 2.34 bits per heavy atom. The molecule has 1 unspecified atom stereocenters. The minimum absolute atomic E-state index is 0.0200.